The Balaban J connectivity index is 1.33. The van der Waals surface area contributed by atoms with Gasteiger partial charge in [-0.15, -0.1) is 0 Å². The summed E-state index contributed by atoms with van der Waals surface area (Å²) >= 11 is 0. The number of halogens is 3. The van der Waals surface area contributed by atoms with Crippen LogP contribution in [-0.4, -0.2) is 56.3 Å². The summed E-state index contributed by atoms with van der Waals surface area (Å²) in [4.78, 5) is 19.6. The van der Waals surface area contributed by atoms with Crippen molar-refractivity contribution >= 4 is 28.1 Å². The van der Waals surface area contributed by atoms with Gasteiger partial charge in [-0.05, 0) is 56.1 Å². The van der Waals surface area contributed by atoms with Crippen LogP contribution in [0.1, 0.15) is 35.2 Å². The fraction of sp³-hybridized carbons (Fsp3) is 0.393. The fourth-order valence-corrected chi connectivity index (χ4v) is 5.35. The van der Waals surface area contributed by atoms with Gasteiger partial charge in [0.05, 0.1) is 5.69 Å². The molecule has 0 aliphatic carbocycles. The number of benzene rings is 3. The Bertz CT molecular complexity index is 1200. The first-order valence-electron chi connectivity index (χ1n) is 12.4. The highest BCUT2D eigenvalue weighted by molar-refractivity contribution is 6.26. The van der Waals surface area contributed by atoms with Crippen LogP contribution in [0.4, 0.5) is 24.5 Å². The molecule has 3 aromatic carbocycles. The molecule has 184 valence electrons. The fourth-order valence-electron chi connectivity index (χ4n) is 5.35. The highest BCUT2D eigenvalue weighted by Crippen LogP contribution is 2.42. The van der Waals surface area contributed by atoms with Gasteiger partial charge in [0.1, 0.15) is 0 Å². The maximum Gasteiger partial charge on any atom is 0.389 e. The molecule has 1 fully saturated rings. The topological polar surface area (TPSA) is 26.8 Å². The summed E-state index contributed by atoms with van der Waals surface area (Å²) in [6, 6.07) is 20.3. The van der Waals surface area contributed by atoms with E-state index in [1.54, 1.807) is 0 Å². The smallest absolute Gasteiger partial charge is 0.370 e. The van der Waals surface area contributed by atoms with Gasteiger partial charge in [-0.2, -0.15) is 13.2 Å². The van der Waals surface area contributed by atoms with Crippen molar-refractivity contribution in [1.29, 1.82) is 0 Å². The second kappa shape index (κ2) is 9.90. The number of anilines is 2. The lowest BCUT2D eigenvalue weighted by molar-refractivity contribution is -0.136. The molecule has 5 rings (SSSR count). The molecule has 2 aliphatic heterocycles. The molecule has 0 aromatic heterocycles. The normalized spacial score (nSPS) is 16.8. The quantitative estimate of drug-likeness (QED) is 0.421. The van der Waals surface area contributed by atoms with E-state index in [0.29, 0.717) is 13.1 Å². The minimum absolute atomic E-state index is 0.0467. The Kier molecular flexibility index (Phi) is 6.69. The molecule has 0 saturated carbocycles. The predicted octanol–water partition coefficient (Wildman–Crippen LogP) is 5.90. The minimum Gasteiger partial charge on any atom is -0.370 e. The van der Waals surface area contributed by atoms with Crippen LogP contribution in [0.5, 0.6) is 0 Å². The third kappa shape index (κ3) is 5.15. The van der Waals surface area contributed by atoms with Crippen LogP contribution in [0.15, 0.2) is 60.7 Å². The van der Waals surface area contributed by atoms with Gasteiger partial charge in [0.15, 0.2) is 0 Å². The maximum atomic E-state index is 13.3. The third-order valence-corrected chi connectivity index (χ3v) is 7.09. The molecule has 3 aromatic rings. The van der Waals surface area contributed by atoms with E-state index >= 15 is 0 Å². The Morgan fingerprint density at radius 1 is 0.800 bits per heavy atom. The Morgan fingerprint density at radius 3 is 2.40 bits per heavy atom. The molecule has 0 unspecified atom stereocenters. The highest BCUT2D eigenvalue weighted by atomic mass is 19.4. The van der Waals surface area contributed by atoms with E-state index in [1.165, 1.54) is 5.56 Å². The number of hydrogen-bond donors (Lipinski definition) is 0. The lowest BCUT2D eigenvalue weighted by Gasteiger charge is -2.26. The maximum absolute atomic E-state index is 13.3. The molecule has 0 bridgehead atoms. The van der Waals surface area contributed by atoms with Crippen LogP contribution < -0.4 is 9.80 Å². The van der Waals surface area contributed by atoms with Crippen molar-refractivity contribution in [2.24, 2.45) is 0 Å². The van der Waals surface area contributed by atoms with Gasteiger partial charge < -0.3 is 14.7 Å². The average Bonchev–Trinajstić information content (AvgIpc) is 2.98. The molecule has 4 nitrogen and oxygen atoms in total. The van der Waals surface area contributed by atoms with Crippen LogP contribution >= 0.6 is 0 Å². The summed E-state index contributed by atoms with van der Waals surface area (Å²) in [5.74, 6) is 0.0467. The number of hydrogen-bond acceptors (Lipinski definition) is 3. The van der Waals surface area contributed by atoms with E-state index < -0.39 is 12.6 Å². The van der Waals surface area contributed by atoms with Crippen LogP contribution in [-0.2, 0) is 6.42 Å². The van der Waals surface area contributed by atoms with Gasteiger partial charge in [-0.1, -0.05) is 42.5 Å². The second-order valence-corrected chi connectivity index (χ2v) is 9.43. The summed E-state index contributed by atoms with van der Waals surface area (Å²) < 4.78 is 37.6. The monoisotopic (exact) mass is 481 g/mol. The first-order valence-corrected chi connectivity index (χ1v) is 12.4. The zero-order valence-corrected chi connectivity index (χ0v) is 19.7. The summed E-state index contributed by atoms with van der Waals surface area (Å²) in [6.45, 7) is 4.26. The van der Waals surface area contributed by atoms with Gasteiger partial charge in [-0.3, -0.25) is 4.79 Å². The van der Waals surface area contributed by atoms with Crippen molar-refractivity contribution in [2.75, 3.05) is 49.1 Å². The summed E-state index contributed by atoms with van der Waals surface area (Å²) in [5, 5.41) is 2.08. The van der Waals surface area contributed by atoms with Crippen LogP contribution in [0.25, 0.3) is 10.8 Å². The zero-order valence-electron chi connectivity index (χ0n) is 19.7. The van der Waals surface area contributed by atoms with E-state index in [-0.39, 0.29) is 12.3 Å². The Labute approximate surface area is 203 Å². The number of alkyl halides is 3. The van der Waals surface area contributed by atoms with Gasteiger partial charge in [-0.25, -0.2) is 0 Å². The molecule has 0 N–H and O–H groups in total. The first kappa shape index (κ1) is 23.7. The first-order chi connectivity index (χ1) is 16.9. The van der Waals surface area contributed by atoms with Crippen LogP contribution in [0, 0.1) is 0 Å². The van der Waals surface area contributed by atoms with Crippen molar-refractivity contribution < 1.29 is 18.0 Å². The van der Waals surface area contributed by atoms with Crippen molar-refractivity contribution in [3.63, 3.8) is 0 Å². The Morgan fingerprint density at radius 2 is 1.60 bits per heavy atom. The lowest BCUT2D eigenvalue weighted by atomic mass is 10.0. The van der Waals surface area contributed by atoms with E-state index in [4.69, 9.17) is 0 Å². The molecular formula is C28H30F3N3O. The summed E-state index contributed by atoms with van der Waals surface area (Å²) in [7, 11) is 0. The largest absolute Gasteiger partial charge is 0.389 e. The predicted molar refractivity (Wildman–Crippen MR) is 134 cm³/mol. The third-order valence-electron chi connectivity index (χ3n) is 7.09. The van der Waals surface area contributed by atoms with Gasteiger partial charge in [0.25, 0.3) is 5.91 Å². The van der Waals surface area contributed by atoms with E-state index in [1.807, 2.05) is 35.2 Å². The summed E-state index contributed by atoms with van der Waals surface area (Å²) in [6.07, 6.45) is -2.98. The number of carbonyl (C=O) groups is 1. The van der Waals surface area contributed by atoms with Crippen molar-refractivity contribution in [3.05, 3.63) is 71.8 Å². The van der Waals surface area contributed by atoms with Crippen molar-refractivity contribution in [2.45, 2.75) is 31.9 Å². The highest BCUT2D eigenvalue weighted by Gasteiger charge is 2.31. The molecule has 0 atom stereocenters. The lowest BCUT2D eigenvalue weighted by Crippen LogP contribution is -2.32. The molecule has 2 heterocycles. The number of carbonyl (C=O) groups excluding carboxylic acids is 1. The molecule has 2 aliphatic rings. The molecule has 35 heavy (non-hydrogen) atoms. The molecule has 1 saturated heterocycles. The van der Waals surface area contributed by atoms with Crippen molar-refractivity contribution in [1.82, 2.24) is 4.90 Å². The standard InChI is InChI=1S/C28H30F3N3O/c29-28(30,31)14-5-15-32-16-6-17-33(20-19-32)24-11-12-25-26-22(24)9-4-10-23(26)27(35)34(25)18-13-21-7-2-1-3-8-21/h1-4,7-12H,5-6,13-20H2. The van der Waals surface area contributed by atoms with Gasteiger partial charge in [0.2, 0.25) is 0 Å². The number of rotatable bonds is 7. The van der Waals surface area contributed by atoms with E-state index in [0.717, 1.165) is 66.7 Å². The van der Waals surface area contributed by atoms with Gasteiger partial charge >= 0.3 is 6.18 Å². The minimum atomic E-state index is -4.09. The zero-order chi connectivity index (χ0) is 24.4. The van der Waals surface area contributed by atoms with Gasteiger partial charge in [0, 0.05) is 54.6 Å². The van der Waals surface area contributed by atoms with Crippen LogP contribution in [0.3, 0.4) is 0 Å². The molecule has 7 heteroatoms. The summed E-state index contributed by atoms with van der Waals surface area (Å²) in [5.41, 5.74) is 4.01. The molecule has 1 amide bonds. The average molecular weight is 482 g/mol. The second-order valence-electron chi connectivity index (χ2n) is 9.43. The van der Waals surface area contributed by atoms with Crippen LogP contribution in [0.2, 0.25) is 0 Å². The molecular weight excluding hydrogens is 451 g/mol. The molecule has 0 radical (unpaired) electrons. The van der Waals surface area contributed by atoms with E-state index in [2.05, 4.69) is 40.1 Å². The van der Waals surface area contributed by atoms with Crippen molar-refractivity contribution in [3.8, 4) is 0 Å². The van der Waals surface area contributed by atoms with E-state index in [9.17, 15) is 18.0 Å². The number of nitrogens with zero attached hydrogens (tertiary/aromatic N) is 3. The molecule has 0 spiro atoms. The Hall–Kier alpha value is -3.06. The number of amides is 1. The SMILES string of the molecule is O=C1c2cccc3c(N4CCCN(CCCC(F)(F)F)CC4)ccc(c23)N1CCc1ccccc1.